The summed E-state index contributed by atoms with van der Waals surface area (Å²) < 4.78 is 1.61. The molecule has 5 nitrogen and oxygen atoms in total. The van der Waals surface area contributed by atoms with Crippen LogP contribution >= 0.6 is 23.1 Å². The van der Waals surface area contributed by atoms with Gasteiger partial charge in [-0.3, -0.25) is 14.2 Å². The van der Waals surface area contributed by atoms with Crippen molar-refractivity contribution in [2.45, 2.75) is 63.1 Å². The van der Waals surface area contributed by atoms with Crippen molar-refractivity contribution in [1.29, 1.82) is 0 Å². The lowest BCUT2D eigenvalue weighted by Crippen LogP contribution is -2.41. The van der Waals surface area contributed by atoms with Crippen LogP contribution in [0.3, 0.4) is 0 Å². The van der Waals surface area contributed by atoms with Crippen LogP contribution in [0.1, 0.15) is 49.5 Å². The third kappa shape index (κ3) is 3.31. The Morgan fingerprint density at radius 2 is 2.12 bits per heavy atom. The highest BCUT2D eigenvalue weighted by molar-refractivity contribution is 7.99. The minimum atomic E-state index is 0.0261. The van der Waals surface area contributed by atoms with E-state index in [4.69, 9.17) is 4.98 Å². The number of thioether (sulfide) groups is 1. The fourth-order valence-corrected chi connectivity index (χ4v) is 6.23. The summed E-state index contributed by atoms with van der Waals surface area (Å²) in [6.45, 7) is 2.21. The van der Waals surface area contributed by atoms with Crippen LogP contribution in [-0.2, 0) is 24.7 Å². The molecule has 1 saturated carbocycles. The third-order valence-electron chi connectivity index (χ3n) is 5.70. The molecule has 26 heavy (non-hydrogen) atoms. The van der Waals surface area contributed by atoms with E-state index in [2.05, 4.69) is 12.2 Å². The maximum Gasteiger partial charge on any atom is 0.262 e. The molecule has 0 unspecified atom stereocenters. The first-order valence-electron chi connectivity index (χ1n) is 9.48. The van der Waals surface area contributed by atoms with Crippen molar-refractivity contribution in [2.75, 3.05) is 5.75 Å². The number of rotatable bonds is 4. The number of nitrogens with zero attached hydrogens (tertiary/aromatic N) is 2. The van der Waals surface area contributed by atoms with E-state index >= 15 is 0 Å². The Kier molecular flexibility index (Phi) is 5.10. The summed E-state index contributed by atoms with van der Waals surface area (Å²) in [4.78, 5) is 32.0. The highest BCUT2D eigenvalue weighted by atomic mass is 32.2. The zero-order chi connectivity index (χ0) is 18.3. The number of nitrogens with one attached hydrogen (secondary N) is 1. The van der Waals surface area contributed by atoms with Crippen LogP contribution in [0, 0.1) is 5.92 Å². The normalized spacial score (nSPS) is 22.5. The van der Waals surface area contributed by atoms with Gasteiger partial charge in [-0.2, -0.15) is 0 Å². The fraction of sp³-hybridized carbons (Fsp3) is 0.632. The molecule has 2 heterocycles. The molecule has 7 heteroatoms. The van der Waals surface area contributed by atoms with Crippen molar-refractivity contribution in [3.8, 4) is 0 Å². The number of thiophene rings is 1. The number of hydrogen-bond acceptors (Lipinski definition) is 5. The van der Waals surface area contributed by atoms with Crippen LogP contribution in [0.25, 0.3) is 10.2 Å². The average Bonchev–Trinajstić information content (AvgIpc) is 3.19. The lowest BCUT2D eigenvalue weighted by Gasteiger charge is -2.29. The highest BCUT2D eigenvalue weighted by Crippen LogP contribution is 2.35. The predicted octanol–water partition coefficient (Wildman–Crippen LogP) is 3.27. The van der Waals surface area contributed by atoms with E-state index in [0.717, 1.165) is 35.9 Å². The smallest absolute Gasteiger partial charge is 0.262 e. The fourth-order valence-electron chi connectivity index (χ4n) is 4.14. The van der Waals surface area contributed by atoms with Gasteiger partial charge in [0.25, 0.3) is 5.56 Å². The number of amides is 1. The van der Waals surface area contributed by atoms with E-state index in [-0.39, 0.29) is 17.5 Å². The molecule has 4 rings (SSSR count). The average molecular weight is 392 g/mol. The molecular weight excluding hydrogens is 366 g/mol. The van der Waals surface area contributed by atoms with Gasteiger partial charge in [0.1, 0.15) is 4.83 Å². The van der Waals surface area contributed by atoms with Gasteiger partial charge in [-0.05, 0) is 43.6 Å². The Morgan fingerprint density at radius 3 is 2.92 bits per heavy atom. The van der Waals surface area contributed by atoms with Crippen LogP contribution in [-0.4, -0.2) is 27.3 Å². The molecule has 2 aliphatic carbocycles. The van der Waals surface area contributed by atoms with Gasteiger partial charge in [-0.1, -0.05) is 31.5 Å². The minimum Gasteiger partial charge on any atom is -0.352 e. The number of carbonyl (C=O) groups excluding carboxylic acids is 1. The second kappa shape index (κ2) is 7.35. The zero-order valence-electron chi connectivity index (χ0n) is 15.3. The Bertz CT molecular complexity index is 902. The van der Waals surface area contributed by atoms with Crippen LogP contribution < -0.4 is 10.9 Å². The monoisotopic (exact) mass is 391 g/mol. The van der Waals surface area contributed by atoms with Crippen LogP contribution in [0.2, 0.25) is 0 Å². The molecule has 2 atom stereocenters. The SMILES string of the molecule is C[C@H]1CCCC[C@@H]1NC(=O)CSc1nc2sc3c(c2c(=O)n1C)CCC3. The van der Waals surface area contributed by atoms with Gasteiger partial charge in [0, 0.05) is 18.0 Å². The number of carbonyl (C=O) groups is 1. The summed E-state index contributed by atoms with van der Waals surface area (Å²) in [5.41, 5.74) is 1.23. The minimum absolute atomic E-state index is 0.0261. The molecule has 2 aromatic heterocycles. The van der Waals surface area contributed by atoms with Crippen molar-refractivity contribution >= 4 is 39.2 Å². The second-order valence-electron chi connectivity index (χ2n) is 7.52. The first kappa shape index (κ1) is 18.0. The number of aryl methyl sites for hydroxylation is 2. The quantitative estimate of drug-likeness (QED) is 0.642. The Hall–Kier alpha value is -1.34. The van der Waals surface area contributed by atoms with Crippen molar-refractivity contribution in [3.05, 3.63) is 20.8 Å². The summed E-state index contributed by atoms with van der Waals surface area (Å²) in [5.74, 6) is 0.891. The summed E-state index contributed by atoms with van der Waals surface area (Å²) in [6, 6.07) is 0.288. The summed E-state index contributed by atoms with van der Waals surface area (Å²) >= 11 is 3.01. The van der Waals surface area contributed by atoms with Gasteiger partial charge in [0.15, 0.2) is 5.16 Å². The van der Waals surface area contributed by atoms with Crippen molar-refractivity contribution in [2.24, 2.45) is 13.0 Å². The number of aromatic nitrogens is 2. The summed E-state index contributed by atoms with van der Waals surface area (Å²) in [6.07, 6.45) is 7.90. The number of fused-ring (bicyclic) bond motifs is 3. The molecule has 0 bridgehead atoms. The molecule has 2 aliphatic rings. The van der Waals surface area contributed by atoms with E-state index in [1.165, 1.54) is 41.5 Å². The molecule has 1 N–H and O–H groups in total. The first-order chi connectivity index (χ1) is 12.5. The molecule has 0 aliphatic heterocycles. The van der Waals surface area contributed by atoms with Gasteiger partial charge >= 0.3 is 0 Å². The Labute approximate surface area is 161 Å². The molecule has 140 valence electrons. The van der Waals surface area contributed by atoms with E-state index < -0.39 is 0 Å². The Balaban J connectivity index is 1.48. The first-order valence-corrected chi connectivity index (χ1v) is 11.3. The van der Waals surface area contributed by atoms with E-state index in [1.54, 1.807) is 23.0 Å². The van der Waals surface area contributed by atoms with Gasteiger partial charge in [-0.25, -0.2) is 4.98 Å². The highest BCUT2D eigenvalue weighted by Gasteiger charge is 2.24. The molecule has 0 radical (unpaired) electrons. The predicted molar refractivity (Wildman–Crippen MR) is 107 cm³/mol. The maximum absolute atomic E-state index is 12.8. The van der Waals surface area contributed by atoms with E-state index in [1.807, 2.05) is 0 Å². The lowest BCUT2D eigenvalue weighted by atomic mass is 9.86. The van der Waals surface area contributed by atoms with Gasteiger partial charge < -0.3 is 5.32 Å². The largest absolute Gasteiger partial charge is 0.352 e. The summed E-state index contributed by atoms with van der Waals surface area (Å²) in [7, 11) is 1.76. The van der Waals surface area contributed by atoms with E-state index in [9.17, 15) is 9.59 Å². The molecule has 1 fully saturated rings. The molecule has 0 aromatic carbocycles. The topological polar surface area (TPSA) is 64.0 Å². The van der Waals surface area contributed by atoms with Gasteiger partial charge in [0.2, 0.25) is 5.91 Å². The van der Waals surface area contributed by atoms with Gasteiger partial charge in [0.05, 0.1) is 11.1 Å². The Morgan fingerprint density at radius 1 is 1.31 bits per heavy atom. The van der Waals surface area contributed by atoms with Crippen molar-refractivity contribution < 1.29 is 4.79 Å². The summed E-state index contributed by atoms with van der Waals surface area (Å²) in [5, 5.41) is 4.60. The standard InChI is InChI=1S/C19H25N3O2S2/c1-11-6-3-4-8-13(11)20-15(23)10-25-19-21-17-16(18(24)22(19)2)12-7-5-9-14(12)26-17/h11,13H,3-10H2,1-2H3,(H,20,23)/t11-,13-/m0/s1. The van der Waals surface area contributed by atoms with E-state index in [0.29, 0.717) is 16.8 Å². The van der Waals surface area contributed by atoms with Gasteiger partial charge in [-0.15, -0.1) is 11.3 Å². The molecule has 0 saturated heterocycles. The van der Waals surface area contributed by atoms with Crippen LogP contribution in [0.15, 0.2) is 9.95 Å². The molecule has 2 aromatic rings. The zero-order valence-corrected chi connectivity index (χ0v) is 17.0. The van der Waals surface area contributed by atoms with Crippen LogP contribution in [0.4, 0.5) is 0 Å². The van der Waals surface area contributed by atoms with Crippen molar-refractivity contribution in [1.82, 2.24) is 14.9 Å². The van der Waals surface area contributed by atoms with Crippen LogP contribution in [0.5, 0.6) is 0 Å². The molecular formula is C19H25N3O2S2. The second-order valence-corrected chi connectivity index (χ2v) is 9.55. The molecule has 0 spiro atoms. The number of hydrogen-bond donors (Lipinski definition) is 1. The van der Waals surface area contributed by atoms with Crippen molar-refractivity contribution in [3.63, 3.8) is 0 Å². The molecule has 1 amide bonds. The lowest BCUT2D eigenvalue weighted by molar-refractivity contribution is -0.119. The third-order valence-corrected chi connectivity index (χ3v) is 7.91. The maximum atomic E-state index is 12.8.